The highest BCUT2D eigenvalue weighted by Crippen LogP contribution is 2.08. The molecule has 0 heterocycles. The molecule has 0 unspecified atom stereocenters. The fourth-order valence-electron chi connectivity index (χ4n) is 1.63. The van der Waals surface area contributed by atoms with Crippen LogP contribution in [0.3, 0.4) is 0 Å². The molecule has 0 saturated heterocycles. The first-order chi connectivity index (χ1) is 6.85. The first kappa shape index (κ1) is 13.9. The van der Waals surface area contributed by atoms with Gasteiger partial charge in [-0.2, -0.15) is 0 Å². The predicted octanol–water partition coefficient (Wildman–Crippen LogP) is 2.71. The number of aliphatic hydroxyl groups excluding tert-OH is 1. The molecular weight excluding hydrogens is 174 g/mol. The number of hydrogen-bond donors (Lipinski definition) is 2. The summed E-state index contributed by atoms with van der Waals surface area (Å²) in [5.74, 6) is 0. The molecule has 0 radical (unpaired) electrons. The Bertz CT molecular complexity index is 98.5. The zero-order chi connectivity index (χ0) is 10.6. The van der Waals surface area contributed by atoms with Gasteiger partial charge in [0, 0.05) is 12.6 Å². The van der Waals surface area contributed by atoms with Gasteiger partial charge in [-0.3, -0.25) is 0 Å². The standard InChI is InChI=1S/C12H27NO/c1-3-5-8-12(9-6-4-2)13-10-7-11-14/h12-14H,3-11H2,1-2H3. The summed E-state index contributed by atoms with van der Waals surface area (Å²) in [4.78, 5) is 0. The molecule has 14 heavy (non-hydrogen) atoms. The first-order valence-electron chi connectivity index (χ1n) is 6.19. The molecule has 0 aromatic carbocycles. The van der Waals surface area contributed by atoms with E-state index in [1.807, 2.05) is 0 Å². The second-order valence-corrected chi connectivity index (χ2v) is 4.01. The summed E-state index contributed by atoms with van der Waals surface area (Å²) in [6.45, 7) is 5.76. The summed E-state index contributed by atoms with van der Waals surface area (Å²) in [6, 6.07) is 0.682. The van der Waals surface area contributed by atoms with Gasteiger partial charge in [0.2, 0.25) is 0 Å². The van der Waals surface area contributed by atoms with Gasteiger partial charge in [0.15, 0.2) is 0 Å². The fraction of sp³-hybridized carbons (Fsp3) is 1.00. The van der Waals surface area contributed by atoms with Gasteiger partial charge in [-0.25, -0.2) is 0 Å². The Morgan fingerprint density at radius 2 is 1.57 bits per heavy atom. The first-order valence-corrected chi connectivity index (χ1v) is 6.19. The van der Waals surface area contributed by atoms with Crippen LogP contribution in [0.25, 0.3) is 0 Å². The summed E-state index contributed by atoms with van der Waals surface area (Å²) in [7, 11) is 0. The van der Waals surface area contributed by atoms with Crippen molar-refractivity contribution < 1.29 is 5.11 Å². The lowest BCUT2D eigenvalue weighted by Gasteiger charge is -2.17. The maximum absolute atomic E-state index is 8.69. The lowest BCUT2D eigenvalue weighted by molar-refractivity contribution is 0.280. The highest BCUT2D eigenvalue weighted by Gasteiger charge is 2.05. The molecule has 0 saturated carbocycles. The molecule has 2 nitrogen and oxygen atoms in total. The Hall–Kier alpha value is -0.0800. The van der Waals surface area contributed by atoms with Gasteiger partial charge in [-0.1, -0.05) is 39.5 Å². The summed E-state index contributed by atoms with van der Waals surface area (Å²) in [5, 5.41) is 12.2. The highest BCUT2D eigenvalue weighted by atomic mass is 16.3. The minimum atomic E-state index is 0.307. The summed E-state index contributed by atoms with van der Waals surface area (Å²) < 4.78 is 0. The van der Waals surface area contributed by atoms with Gasteiger partial charge in [-0.05, 0) is 25.8 Å². The molecule has 0 rings (SSSR count). The van der Waals surface area contributed by atoms with E-state index in [9.17, 15) is 0 Å². The summed E-state index contributed by atoms with van der Waals surface area (Å²) >= 11 is 0. The lowest BCUT2D eigenvalue weighted by Crippen LogP contribution is -2.30. The van der Waals surface area contributed by atoms with Crippen molar-refractivity contribution >= 4 is 0 Å². The molecule has 86 valence electrons. The second-order valence-electron chi connectivity index (χ2n) is 4.01. The summed E-state index contributed by atoms with van der Waals surface area (Å²) in [5.41, 5.74) is 0. The van der Waals surface area contributed by atoms with Crippen LogP contribution in [0.2, 0.25) is 0 Å². The Kier molecular flexibility index (Phi) is 10.9. The van der Waals surface area contributed by atoms with Crippen LogP contribution in [0, 0.1) is 0 Å². The van der Waals surface area contributed by atoms with Crippen LogP contribution in [0.5, 0.6) is 0 Å². The van der Waals surface area contributed by atoms with Crippen molar-refractivity contribution in [1.29, 1.82) is 0 Å². The Balaban J connectivity index is 3.49. The van der Waals surface area contributed by atoms with E-state index in [1.165, 1.54) is 38.5 Å². The fourth-order valence-corrected chi connectivity index (χ4v) is 1.63. The molecule has 0 aromatic heterocycles. The van der Waals surface area contributed by atoms with Gasteiger partial charge in [0.25, 0.3) is 0 Å². The Morgan fingerprint density at radius 1 is 1.00 bits per heavy atom. The molecular formula is C12H27NO. The monoisotopic (exact) mass is 201 g/mol. The van der Waals surface area contributed by atoms with Crippen molar-refractivity contribution in [1.82, 2.24) is 5.32 Å². The molecule has 0 spiro atoms. The topological polar surface area (TPSA) is 32.3 Å². The van der Waals surface area contributed by atoms with E-state index in [1.54, 1.807) is 0 Å². The molecule has 0 aromatic rings. The smallest absolute Gasteiger partial charge is 0.0443 e. The van der Waals surface area contributed by atoms with E-state index in [0.717, 1.165) is 13.0 Å². The number of unbranched alkanes of at least 4 members (excludes halogenated alkanes) is 2. The van der Waals surface area contributed by atoms with E-state index < -0.39 is 0 Å². The number of hydrogen-bond acceptors (Lipinski definition) is 2. The third-order valence-corrected chi connectivity index (χ3v) is 2.58. The molecule has 2 N–H and O–H groups in total. The van der Waals surface area contributed by atoms with Crippen molar-refractivity contribution in [2.75, 3.05) is 13.2 Å². The maximum Gasteiger partial charge on any atom is 0.0443 e. The number of nitrogens with one attached hydrogen (secondary N) is 1. The lowest BCUT2D eigenvalue weighted by atomic mass is 10.0. The van der Waals surface area contributed by atoms with Gasteiger partial charge in [0.05, 0.1) is 0 Å². The third kappa shape index (κ3) is 8.52. The largest absolute Gasteiger partial charge is 0.396 e. The summed E-state index contributed by atoms with van der Waals surface area (Å²) in [6.07, 6.45) is 8.67. The Labute approximate surface area is 89.1 Å². The van der Waals surface area contributed by atoms with Crippen LogP contribution in [-0.2, 0) is 0 Å². The van der Waals surface area contributed by atoms with Gasteiger partial charge >= 0.3 is 0 Å². The van der Waals surface area contributed by atoms with Crippen molar-refractivity contribution in [2.24, 2.45) is 0 Å². The minimum absolute atomic E-state index is 0.307. The zero-order valence-corrected chi connectivity index (χ0v) is 9.89. The third-order valence-electron chi connectivity index (χ3n) is 2.58. The zero-order valence-electron chi connectivity index (χ0n) is 9.89. The van der Waals surface area contributed by atoms with Crippen LogP contribution >= 0.6 is 0 Å². The van der Waals surface area contributed by atoms with Crippen molar-refractivity contribution in [3.8, 4) is 0 Å². The normalized spacial score (nSPS) is 11.1. The van der Waals surface area contributed by atoms with E-state index in [4.69, 9.17) is 5.11 Å². The van der Waals surface area contributed by atoms with Crippen molar-refractivity contribution in [2.45, 2.75) is 64.8 Å². The predicted molar refractivity (Wildman–Crippen MR) is 62.5 cm³/mol. The van der Waals surface area contributed by atoms with E-state index >= 15 is 0 Å². The van der Waals surface area contributed by atoms with Gasteiger partial charge < -0.3 is 10.4 Å². The molecule has 0 fully saturated rings. The molecule has 0 aliphatic heterocycles. The van der Waals surface area contributed by atoms with Crippen LogP contribution in [0.15, 0.2) is 0 Å². The van der Waals surface area contributed by atoms with E-state index in [0.29, 0.717) is 12.6 Å². The van der Waals surface area contributed by atoms with Crippen molar-refractivity contribution in [3.63, 3.8) is 0 Å². The van der Waals surface area contributed by atoms with Crippen LogP contribution in [0.4, 0.5) is 0 Å². The maximum atomic E-state index is 8.69. The minimum Gasteiger partial charge on any atom is -0.396 e. The Morgan fingerprint density at radius 3 is 2.00 bits per heavy atom. The van der Waals surface area contributed by atoms with Gasteiger partial charge in [-0.15, -0.1) is 0 Å². The molecule has 0 aliphatic rings. The molecule has 0 amide bonds. The quantitative estimate of drug-likeness (QED) is 0.533. The van der Waals surface area contributed by atoms with Crippen LogP contribution < -0.4 is 5.32 Å². The number of rotatable bonds is 10. The van der Waals surface area contributed by atoms with E-state index in [2.05, 4.69) is 19.2 Å². The SMILES string of the molecule is CCCCC(CCCC)NCCCO. The number of aliphatic hydroxyl groups is 1. The van der Waals surface area contributed by atoms with E-state index in [-0.39, 0.29) is 0 Å². The highest BCUT2D eigenvalue weighted by molar-refractivity contribution is 4.66. The average Bonchev–Trinajstić information content (AvgIpc) is 2.21. The molecule has 2 heteroatoms. The second kappa shape index (κ2) is 11.0. The van der Waals surface area contributed by atoms with Gasteiger partial charge in [0.1, 0.15) is 0 Å². The molecule has 0 atom stereocenters. The van der Waals surface area contributed by atoms with Crippen LogP contribution in [0.1, 0.15) is 58.8 Å². The average molecular weight is 201 g/mol. The van der Waals surface area contributed by atoms with Crippen LogP contribution in [-0.4, -0.2) is 24.3 Å². The molecule has 0 aliphatic carbocycles. The molecule has 0 bridgehead atoms. The van der Waals surface area contributed by atoms with Crippen molar-refractivity contribution in [3.05, 3.63) is 0 Å².